The van der Waals surface area contributed by atoms with Gasteiger partial charge in [-0.25, -0.2) is 26.3 Å². The van der Waals surface area contributed by atoms with Gasteiger partial charge in [-0.05, 0) is 19.2 Å². The van der Waals surface area contributed by atoms with Gasteiger partial charge in [0.15, 0.2) is 0 Å². The molecular weight excluding hydrogens is 324 g/mol. The summed E-state index contributed by atoms with van der Waals surface area (Å²) in [6, 6.07) is 3.00. The predicted octanol–water partition coefficient (Wildman–Crippen LogP) is -0.995. The third-order valence-corrected chi connectivity index (χ3v) is 5.31. The molecule has 10 nitrogen and oxygen atoms in total. The number of nitrogen functional groups attached to an aromatic ring is 1. The Bertz CT molecular complexity index is 744. The lowest BCUT2D eigenvalue weighted by atomic mass is 10.3. The van der Waals surface area contributed by atoms with Crippen molar-refractivity contribution in [2.45, 2.75) is 4.90 Å². The van der Waals surface area contributed by atoms with Gasteiger partial charge in [-0.1, -0.05) is 0 Å². The fourth-order valence-electron chi connectivity index (χ4n) is 1.34. The Kier molecular flexibility index (Phi) is 5.22. The molecule has 0 spiro atoms. The van der Waals surface area contributed by atoms with E-state index in [0.29, 0.717) is 0 Å². The molecule has 0 radical (unpaired) electrons. The van der Waals surface area contributed by atoms with Crippen LogP contribution in [0.1, 0.15) is 0 Å². The molecule has 0 aliphatic heterocycles. The van der Waals surface area contributed by atoms with Crippen LogP contribution in [0.4, 0.5) is 11.4 Å². The SMILES string of the molecule is CNS(=O)(=O)CCNS(=O)(=O)c1ccc(N)c([N+](=O)[O-])c1. The molecule has 0 saturated heterocycles. The van der Waals surface area contributed by atoms with Crippen molar-refractivity contribution in [2.75, 3.05) is 25.1 Å². The van der Waals surface area contributed by atoms with Gasteiger partial charge in [-0.3, -0.25) is 10.1 Å². The molecule has 4 N–H and O–H groups in total. The van der Waals surface area contributed by atoms with Gasteiger partial charge in [0.1, 0.15) is 5.69 Å². The summed E-state index contributed by atoms with van der Waals surface area (Å²) in [5.74, 6) is -0.459. The number of nitrogens with zero attached hydrogens (tertiary/aromatic N) is 1. The molecule has 0 heterocycles. The summed E-state index contributed by atoms with van der Waals surface area (Å²) in [5, 5.41) is 10.7. The second-order valence-electron chi connectivity index (χ2n) is 3.90. The van der Waals surface area contributed by atoms with Crippen LogP contribution in [-0.4, -0.2) is 41.1 Å². The lowest BCUT2D eigenvalue weighted by Gasteiger charge is -2.07. The zero-order valence-electron chi connectivity index (χ0n) is 10.9. The topological polar surface area (TPSA) is 162 Å². The van der Waals surface area contributed by atoms with Crippen LogP contribution in [0.15, 0.2) is 23.1 Å². The van der Waals surface area contributed by atoms with Gasteiger partial charge in [-0.15, -0.1) is 0 Å². The van der Waals surface area contributed by atoms with E-state index in [4.69, 9.17) is 5.73 Å². The monoisotopic (exact) mass is 338 g/mol. The van der Waals surface area contributed by atoms with Crippen LogP contribution in [0.25, 0.3) is 0 Å². The van der Waals surface area contributed by atoms with E-state index in [1.165, 1.54) is 7.05 Å². The maximum atomic E-state index is 11.9. The normalized spacial score (nSPS) is 12.2. The van der Waals surface area contributed by atoms with Gasteiger partial charge in [0.05, 0.1) is 15.6 Å². The molecular formula is C9H14N4O6S2. The average molecular weight is 338 g/mol. The van der Waals surface area contributed by atoms with E-state index >= 15 is 0 Å². The highest BCUT2D eigenvalue weighted by Crippen LogP contribution is 2.24. The lowest BCUT2D eigenvalue weighted by molar-refractivity contribution is -0.384. The van der Waals surface area contributed by atoms with E-state index in [9.17, 15) is 26.9 Å². The Morgan fingerprint density at radius 3 is 2.43 bits per heavy atom. The first-order valence-electron chi connectivity index (χ1n) is 5.54. The van der Waals surface area contributed by atoms with Gasteiger partial charge in [0, 0.05) is 12.6 Å². The van der Waals surface area contributed by atoms with Crippen molar-refractivity contribution in [3.63, 3.8) is 0 Å². The summed E-state index contributed by atoms with van der Waals surface area (Å²) < 4.78 is 50.2. The predicted molar refractivity (Wildman–Crippen MR) is 75.5 cm³/mol. The Hall–Kier alpha value is -1.76. The first-order valence-corrected chi connectivity index (χ1v) is 8.67. The van der Waals surface area contributed by atoms with Crippen molar-refractivity contribution in [3.8, 4) is 0 Å². The number of nitro groups is 1. The molecule has 0 saturated carbocycles. The van der Waals surface area contributed by atoms with E-state index in [0.717, 1.165) is 18.2 Å². The number of anilines is 1. The van der Waals surface area contributed by atoms with Crippen molar-refractivity contribution in [1.82, 2.24) is 9.44 Å². The Morgan fingerprint density at radius 2 is 1.90 bits per heavy atom. The molecule has 0 aromatic heterocycles. The Balaban J connectivity index is 2.94. The number of nitrogens with one attached hydrogen (secondary N) is 2. The quantitative estimate of drug-likeness (QED) is 0.326. The van der Waals surface area contributed by atoms with Crippen molar-refractivity contribution < 1.29 is 21.8 Å². The smallest absolute Gasteiger partial charge is 0.293 e. The highest BCUT2D eigenvalue weighted by molar-refractivity contribution is 7.90. The molecule has 0 amide bonds. The largest absolute Gasteiger partial charge is 0.393 e. The minimum atomic E-state index is -4.07. The van der Waals surface area contributed by atoms with Crippen molar-refractivity contribution in [1.29, 1.82) is 0 Å². The van der Waals surface area contributed by atoms with Crippen molar-refractivity contribution in [3.05, 3.63) is 28.3 Å². The van der Waals surface area contributed by atoms with Crippen LogP contribution in [0.5, 0.6) is 0 Å². The first kappa shape index (κ1) is 17.3. The fourth-order valence-corrected chi connectivity index (χ4v) is 3.10. The van der Waals surface area contributed by atoms with Gasteiger partial charge >= 0.3 is 0 Å². The molecule has 1 aromatic carbocycles. The zero-order valence-corrected chi connectivity index (χ0v) is 12.6. The number of benzene rings is 1. The summed E-state index contributed by atoms with van der Waals surface area (Å²) in [5.41, 5.74) is 4.65. The molecule has 1 aromatic rings. The summed E-state index contributed by atoms with van der Waals surface area (Å²) in [7, 11) is -6.42. The first-order chi connectivity index (χ1) is 9.59. The molecule has 0 unspecified atom stereocenters. The number of sulfonamides is 2. The number of rotatable bonds is 7. The zero-order chi connectivity index (χ0) is 16.3. The highest BCUT2D eigenvalue weighted by atomic mass is 32.2. The van der Waals surface area contributed by atoms with Crippen LogP contribution in [0.2, 0.25) is 0 Å². The molecule has 0 bridgehead atoms. The molecule has 0 aliphatic carbocycles. The fraction of sp³-hybridized carbons (Fsp3) is 0.333. The second-order valence-corrected chi connectivity index (χ2v) is 7.71. The number of nitrogens with two attached hydrogens (primary N) is 1. The van der Waals surface area contributed by atoms with Crippen LogP contribution in [0.3, 0.4) is 0 Å². The maximum Gasteiger partial charge on any atom is 0.293 e. The summed E-state index contributed by atoms with van der Waals surface area (Å²) >= 11 is 0. The standard InChI is InChI=1S/C9H14N4O6S2/c1-11-20(16,17)5-4-12-21(18,19)7-2-3-8(10)9(6-7)13(14)15/h2-3,6,11-12H,4-5,10H2,1H3. The Morgan fingerprint density at radius 1 is 1.29 bits per heavy atom. The minimum absolute atomic E-state index is 0.170. The van der Waals surface area contributed by atoms with Crippen molar-refractivity contribution in [2.24, 2.45) is 0 Å². The summed E-state index contributed by atoms with van der Waals surface area (Å²) in [6.45, 7) is -0.371. The molecule has 0 aliphatic rings. The molecule has 1 rings (SSSR count). The van der Waals surface area contributed by atoms with Gasteiger partial charge in [-0.2, -0.15) is 0 Å². The molecule has 0 fully saturated rings. The third-order valence-electron chi connectivity index (χ3n) is 2.48. The number of hydrogen-bond donors (Lipinski definition) is 3. The average Bonchev–Trinajstić information content (AvgIpc) is 2.38. The molecule has 12 heteroatoms. The van der Waals surface area contributed by atoms with E-state index < -0.39 is 36.4 Å². The van der Waals surface area contributed by atoms with Gasteiger partial charge in [0.2, 0.25) is 20.0 Å². The summed E-state index contributed by atoms with van der Waals surface area (Å²) in [4.78, 5) is 9.53. The van der Waals surface area contributed by atoms with Crippen molar-refractivity contribution >= 4 is 31.4 Å². The number of hydrogen-bond acceptors (Lipinski definition) is 7. The van der Waals surface area contributed by atoms with Gasteiger partial charge < -0.3 is 5.73 Å². The van der Waals surface area contributed by atoms with E-state index in [1.54, 1.807) is 0 Å². The van der Waals surface area contributed by atoms with Gasteiger partial charge in [0.25, 0.3) is 5.69 Å². The van der Waals surface area contributed by atoms with E-state index in [2.05, 4.69) is 0 Å². The van der Waals surface area contributed by atoms with Crippen LogP contribution < -0.4 is 15.2 Å². The summed E-state index contributed by atoms with van der Waals surface area (Å²) in [6.07, 6.45) is 0. The molecule has 21 heavy (non-hydrogen) atoms. The molecule has 118 valence electrons. The van der Waals surface area contributed by atoms with E-state index in [1.807, 2.05) is 9.44 Å². The second kappa shape index (κ2) is 6.34. The van der Waals surface area contributed by atoms with E-state index in [-0.39, 0.29) is 17.1 Å². The minimum Gasteiger partial charge on any atom is -0.393 e. The third kappa shape index (κ3) is 4.63. The maximum absolute atomic E-state index is 11.9. The molecule has 0 atom stereocenters. The highest BCUT2D eigenvalue weighted by Gasteiger charge is 2.20. The Labute approximate surface area is 121 Å². The number of nitro benzene ring substituents is 1. The van der Waals surface area contributed by atoms with Crippen LogP contribution in [0, 0.1) is 10.1 Å². The van der Waals surface area contributed by atoms with Crippen LogP contribution >= 0.6 is 0 Å². The lowest BCUT2D eigenvalue weighted by Crippen LogP contribution is -2.33. The van der Waals surface area contributed by atoms with Crippen LogP contribution in [-0.2, 0) is 20.0 Å².